The van der Waals surface area contributed by atoms with Crippen LogP contribution in [0.1, 0.15) is 27.8 Å². The highest BCUT2D eigenvalue weighted by Crippen LogP contribution is 2.36. The van der Waals surface area contributed by atoms with Crippen LogP contribution < -0.4 is 20.7 Å². The van der Waals surface area contributed by atoms with Crippen LogP contribution in [0.5, 0.6) is 5.75 Å². The van der Waals surface area contributed by atoms with E-state index in [1.54, 1.807) is 13.0 Å². The number of hydrogen-bond acceptors (Lipinski definition) is 5. The lowest BCUT2D eigenvalue weighted by atomic mass is 9.86. The summed E-state index contributed by atoms with van der Waals surface area (Å²) in [5, 5.41) is 17.4. The summed E-state index contributed by atoms with van der Waals surface area (Å²) in [6, 6.07) is 3.50. The van der Waals surface area contributed by atoms with Crippen LogP contribution in [0.2, 0.25) is 0 Å². The van der Waals surface area contributed by atoms with E-state index in [0.717, 1.165) is 12.1 Å². The quantitative estimate of drug-likeness (QED) is 0.721. The number of nitrogens with one attached hydrogen (secondary N) is 3. The molecule has 4 rings (SSSR count). The number of rotatable bonds is 3. The molecule has 1 aromatic rings. The van der Waals surface area contributed by atoms with Gasteiger partial charge in [0.05, 0.1) is 18.0 Å². The number of ether oxygens (including phenoxy) is 1. The van der Waals surface area contributed by atoms with Gasteiger partial charge in [-0.05, 0) is 18.6 Å². The molecule has 9 heteroatoms. The van der Waals surface area contributed by atoms with Gasteiger partial charge in [0.15, 0.2) is 0 Å². The number of benzene rings is 1. The second-order valence-electron chi connectivity index (χ2n) is 6.72. The number of fused-ring (bicyclic) bond motifs is 2. The first kappa shape index (κ1) is 18.7. The first-order chi connectivity index (χ1) is 13.9. The molecule has 29 heavy (non-hydrogen) atoms. The van der Waals surface area contributed by atoms with Gasteiger partial charge in [-0.2, -0.15) is 5.26 Å². The Labute approximate surface area is 167 Å². The number of dihydropyridines is 1. The van der Waals surface area contributed by atoms with Crippen molar-refractivity contribution < 1.29 is 26.0 Å². The van der Waals surface area contributed by atoms with Crippen molar-refractivity contribution in [3.8, 4) is 11.8 Å². The highest BCUT2D eigenvalue weighted by atomic mass is 19.1. The molecular weight excluding hydrogens is 382 g/mol. The predicted octanol–water partition coefficient (Wildman–Crippen LogP) is 2.27. The maximum Gasteiger partial charge on any atom is 0.249 e. The van der Waals surface area contributed by atoms with E-state index in [-0.39, 0.29) is 38.5 Å². The Hall–Kier alpha value is -3.67. The molecule has 2 amide bonds. The number of allylic oxidation sites excluding steroid dienone is 1. The third-order valence-corrected chi connectivity index (χ3v) is 4.94. The fourth-order valence-electron chi connectivity index (χ4n) is 3.61. The molecule has 0 fully saturated rings. The molecular formula is C20H19F2N4O3. The molecule has 0 aliphatic carbocycles. The fourth-order valence-corrected chi connectivity index (χ4v) is 3.61. The molecule has 0 saturated carbocycles. The lowest BCUT2D eigenvalue weighted by Crippen LogP contribution is -2.40. The number of amides is 2. The summed E-state index contributed by atoms with van der Waals surface area (Å²) in [5.41, 5.74) is 1.56. The smallest absolute Gasteiger partial charge is 0.249 e. The Kier molecular flexibility index (Phi) is 4.54. The molecule has 0 aromatic heterocycles. The molecule has 0 unspecified atom stereocenters. The summed E-state index contributed by atoms with van der Waals surface area (Å²) in [4.78, 5) is 25.0. The Balaban J connectivity index is 0.00000171. The summed E-state index contributed by atoms with van der Waals surface area (Å²) in [6.45, 7) is 1.62. The van der Waals surface area contributed by atoms with Crippen molar-refractivity contribution in [3.05, 3.63) is 70.1 Å². The van der Waals surface area contributed by atoms with E-state index in [4.69, 9.17) is 4.74 Å². The van der Waals surface area contributed by atoms with Crippen molar-refractivity contribution in [2.75, 3.05) is 6.61 Å². The predicted molar refractivity (Wildman–Crippen MR) is 101 cm³/mol. The highest BCUT2D eigenvalue weighted by Gasteiger charge is 2.35. The van der Waals surface area contributed by atoms with Gasteiger partial charge in [-0.3, -0.25) is 9.59 Å². The second kappa shape index (κ2) is 7.05. The number of carbonyl (C=O) groups excluding carboxylic acids is 2. The second-order valence-corrected chi connectivity index (χ2v) is 6.72. The average molecular weight is 401 g/mol. The van der Waals surface area contributed by atoms with Crippen LogP contribution in [0.3, 0.4) is 0 Å². The van der Waals surface area contributed by atoms with Crippen molar-refractivity contribution in [1.29, 1.82) is 5.26 Å². The number of carbonyl (C=O) groups is 2. The molecule has 3 N–H and O–H groups in total. The standard InChI is InChI=1S/C20H15F2N4O3.2H2/c1-9-11(20(28)26-13-2-3-24-14(7-23)18(9)13)6-17(27)25-15-8-29-16-5-10(21)4-12(22)19(15)16;;/h2-5,15,24H,6,8H2,1H3,(H,25,27)(H,26,28);2*1H/t15-;;/m0../s1. The zero-order chi connectivity index (χ0) is 20.7. The summed E-state index contributed by atoms with van der Waals surface area (Å²) < 4.78 is 32.7. The molecule has 3 aliphatic heterocycles. The molecule has 0 bridgehead atoms. The first-order valence-corrected chi connectivity index (χ1v) is 8.76. The number of hydrogen-bond donors (Lipinski definition) is 3. The maximum atomic E-state index is 14.1. The summed E-state index contributed by atoms with van der Waals surface area (Å²) >= 11 is 0. The Morgan fingerprint density at radius 3 is 3.00 bits per heavy atom. The summed E-state index contributed by atoms with van der Waals surface area (Å²) in [5.74, 6) is -2.51. The van der Waals surface area contributed by atoms with E-state index in [9.17, 15) is 23.6 Å². The summed E-state index contributed by atoms with van der Waals surface area (Å²) in [6.07, 6.45) is 2.90. The van der Waals surface area contributed by atoms with Gasteiger partial charge in [-0.25, -0.2) is 8.78 Å². The Morgan fingerprint density at radius 1 is 1.45 bits per heavy atom. The van der Waals surface area contributed by atoms with Gasteiger partial charge in [-0.15, -0.1) is 0 Å². The van der Waals surface area contributed by atoms with Crippen LogP contribution in [0.4, 0.5) is 8.78 Å². The fraction of sp³-hybridized carbons (Fsp3) is 0.200. The van der Waals surface area contributed by atoms with Crippen LogP contribution in [-0.2, 0) is 9.59 Å². The van der Waals surface area contributed by atoms with Gasteiger partial charge < -0.3 is 20.7 Å². The number of nitriles is 1. The largest absolute Gasteiger partial charge is 0.490 e. The SMILES string of the molecule is CC1=C(CC(=O)N[C@H]2COc3cc(F)cc(F)c32)C(=O)N[C]2C=CNC(C#N)=C21.[HH].[HH]. The molecule has 151 valence electrons. The van der Waals surface area contributed by atoms with Gasteiger partial charge in [0, 0.05) is 32.3 Å². The van der Waals surface area contributed by atoms with Gasteiger partial charge >= 0.3 is 0 Å². The normalized spacial score (nSPS) is 20.3. The minimum atomic E-state index is -0.809. The molecule has 0 spiro atoms. The molecule has 1 aromatic carbocycles. The topological polar surface area (TPSA) is 103 Å². The van der Waals surface area contributed by atoms with E-state index in [1.807, 2.05) is 6.07 Å². The number of halogens is 2. The average Bonchev–Trinajstić information content (AvgIpc) is 3.07. The zero-order valence-corrected chi connectivity index (χ0v) is 15.2. The minimum absolute atomic E-state index is 0. The lowest BCUT2D eigenvalue weighted by Gasteiger charge is -2.29. The minimum Gasteiger partial charge on any atom is -0.490 e. The monoisotopic (exact) mass is 401 g/mol. The molecule has 1 radical (unpaired) electrons. The van der Waals surface area contributed by atoms with Crippen molar-refractivity contribution in [1.82, 2.24) is 16.0 Å². The van der Waals surface area contributed by atoms with Gasteiger partial charge in [-0.1, -0.05) is 0 Å². The van der Waals surface area contributed by atoms with Crippen LogP contribution in [0, 0.1) is 29.0 Å². The van der Waals surface area contributed by atoms with Crippen LogP contribution in [0.25, 0.3) is 0 Å². The maximum absolute atomic E-state index is 14.1. The van der Waals surface area contributed by atoms with E-state index in [0.29, 0.717) is 17.2 Å². The Morgan fingerprint density at radius 2 is 2.24 bits per heavy atom. The van der Waals surface area contributed by atoms with Gasteiger partial charge in [0.2, 0.25) is 11.8 Å². The van der Waals surface area contributed by atoms with E-state index < -0.39 is 29.5 Å². The van der Waals surface area contributed by atoms with E-state index >= 15 is 0 Å². The van der Waals surface area contributed by atoms with Crippen molar-refractivity contribution in [3.63, 3.8) is 0 Å². The molecule has 0 saturated heterocycles. The number of nitrogens with zero attached hydrogens (tertiary/aromatic N) is 1. The van der Waals surface area contributed by atoms with Gasteiger partial charge in [0.1, 0.15) is 41.8 Å². The van der Waals surface area contributed by atoms with Crippen LogP contribution in [-0.4, -0.2) is 18.4 Å². The zero-order valence-electron chi connectivity index (χ0n) is 15.2. The van der Waals surface area contributed by atoms with Gasteiger partial charge in [0.25, 0.3) is 0 Å². The van der Waals surface area contributed by atoms with Crippen molar-refractivity contribution >= 4 is 11.8 Å². The molecule has 7 nitrogen and oxygen atoms in total. The molecule has 1 atom stereocenters. The third kappa shape index (κ3) is 3.23. The van der Waals surface area contributed by atoms with Crippen LogP contribution in [0.15, 0.2) is 46.8 Å². The van der Waals surface area contributed by atoms with Crippen molar-refractivity contribution in [2.45, 2.75) is 19.4 Å². The van der Waals surface area contributed by atoms with E-state index in [1.165, 1.54) is 6.20 Å². The van der Waals surface area contributed by atoms with E-state index in [2.05, 4.69) is 16.0 Å². The third-order valence-electron chi connectivity index (χ3n) is 4.94. The molecule has 3 aliphatic rings. The Bertz CT molecular complexity index is 1080. The van der Waals surface area contributed by atoms with Crippen molar-refractivity contribution in [2.24, 2.45) is 0 Å². The first-order valence-electron chi connectivity index (χ1n) is 8.76. The lowest BCUT2D eigenvalue weighted by molar-refractivity contribution is -0.123. The highest BCUT2D eigenvalue weighted by molar-refractivity contribution is 6.03. The summed E-state index contributed by atoms with van der Waals surface area (Å²) in [7, 11) is 0. The van der Waals surface area contributed by atoms with Crippen LogP contribution >= 0.6 is 0 Å². The molecule has 3 heterocycles.